The molecule has 0 unspecified atom stereocenters. The smallest absolute Gasteiger partial charge is 0.152 e. The number of phenolic OH excluding ortho intramolecular Hbond substituents is 1. The molecule has 1 saturated heterocycles. The molecule has 1 aromatic carbocycles. The van der Waals surface area contributed by atoms with Crippen LogP contribution in [-0.4, -0.2) is 37.3 Å². The van der Waals surface area contributed by atoms with Crippen LogP contribution in [0.3, 0.4) is 0 Å². The van der Waals surface area contributed by atoms with E-state index in [1.54, 1.807) is 18.2 Å². The van der Waals surface area contributed by atoms with Crippen molar-refractivity contribution in [1.29, 1.82) is 0 Å². The minimum Gasteiger partial charge on any atom is -0.507 e. The number of hydrogen-bond acceptors (Lipinski definition) is 4. The van der Waals surface area contributed by atoms with Gasteiger partial charge in [-0.15, -0.1) is 0 Å². The molecule has 4 nitrogen and oxygen atoms in total. The molecule has 0 aromatic heterocycles. The summed E-state index contributed by atoms with van der Waals surface area (Å²) in [5.74, 6) is 0.454. The second-order valence-corrected chi connectivity index (χ2v) is 7.18. The van der Waals surface area contributed by atoms with Crippen molar-refractivity contribution in [3.8, 4) is 5.75 Å². The van der Waals surface area contributed by atoms with Crippen molar-refractivity contribution in [3.63, 3.8) is 0 Å². The van der Waals surface area contributed by atoms with E-state index >= 15 is 0 Å². The van der Waals surface area contributed by atoms with Gasteiger partial charge in [0.1, 0.15) is 5.75 Å². The molecule has 17 heavy (non-hydrogen) atoms. The first-order valence-corrected chi connectivity index (χ1v) is 7.80. The average molecular weight is 318 g/mol. The van der Waals surface area contributed by atoms with Crippen LogP contribution in [0.1, 0.15) is 12.0 Å². The van der Waals surface area contributed by atoms with E-state index in [0.717, 1.165) is 4.47 Å². The highest BCUT2D eigenvalue weighted by Crippen LogP contribution is 2.21. The van der Waals surface area contributed by atoms with Gasteiger partial charge in [-0.3, -0.25) is 4.99 Å². The van der Waals surface area contributed by atoms with Crippen molar-refractivity contribution in [1.82, 2.24) is 0 Å². The topological polar surface area (TPSA) is 66.7 Å². The van der Waals surface area contributed by atoms with Crippen LogP contribution in [-0.2, 0) is 9.84 Å². The number of sulfone groups is 1. The van der Waals surface area contributed by atoms with Gasteiger partial charge in [-0.25, -0.2) is 8.42 Å². The van der Waals surface area contributed by atoms with E-state index in [1.165, 1.54) is 6.21 Å². The van der Waals surface area contributed by atoms with Gasteiger partial charge in [0.15, 0.2) is 9.84 Å². The zero-order chi connectivity index (χ0) is 12.5. The molecular formula is C11H12BrNO3S. The van der Waals surface area contributed by atoms with Crippen LogP contribution in [0.4, 0.5) is 0 Å². The summed E-state index contributed by atoms with van der Waals surface area (Å²) >= 11 is 3.30. The monoisotopic (exact) mass is 317 g/mol. The number of hydrogen-bond donors (Lipinski definition) is 1. The summed E-state index contributed by atoms with van der Waals surface area (Å²) in [6.45, 7) is 0. The van der Waals surface area contributed by atoms with Crippen molar-refractivity contribution in [2.45, 2.75) is 12.5 Å². The van der Waals surface area contributed by atoms with Gasteiger partial charge in [-0.1, -0.05) is 15.9 Å². The molecule has 1 aliphatic heterocycles. The molecule has 1 aliphatic rings. The molecule has 0 aliphatic carbocycles. The highest BCUT2D eigenvalue weighted by molar-refractivity contribution is 9.10. The van der Waals surface area contributed by atoms with E-state index in [9.17, 15) is 13.5 Å². The first kappa shape index (κ1) is 12.6. The minimum absolute atomic E-state index is 0.109. The molecule has 0 spiro atoms. The molecule has 1 N–H and O–H groups in total. The SMILES string of the molecule is O=S1(=O)CC[C@H](N=Cc2cc(Br)ccc2O)C1. The molecule has 1 aromatic rings. The summed E-state index contributed by atoms with van der Waals surface area (Å²) in [5.41, 5.74) is 0.587. The van der Waals surface area contributed by atoms with Gasteiger partial charge in [0, 0.05) is 16.3 Å². The lowest BCUT2D eigenvalue weighted by atomic mass is 10.2. The lowest BCUT2D eigenvalue weighted by Gasteiger charge is -2.02. The van der Waals surface area contributed by atoms with Crippen molar-refractivity contribution >= 4 is 32.0 Å². The Morgan fingerprint density at radius 3 is 2.88 bits per heavy atom. The van der Waals surface area contributed by atoms with Gasteiger partial charge < -0.3 is 5.11 Å². The van der Waals surface area contributed by atoms with E-state index in [0.29, 0.717) is 12.0 Å². The molecular weight excluding hydrogens is 306 g/mol. The lowest BCUT2D eigenvalue weighted by molar-refractivity contribution is 0.474. The number of aromatic hydroxyl groups is 1. The fourth-order valence-electron chi connectivity index (χ4n) is 1.71. The number of phenols is 1. The van der Waals surface area contributed by atoms with Gasteiger partial charge in [-0.2, -0.15) is 0 Å². The number of halogens is 1. The molecule has 1 atom stereocenters. The Labute approximate surface area is 108 Å². The third-order valence-electron chi connectivity index (χ3n) is 2.62. The predicted octanol–water partition coefficient (Wildman–Crippen LogP) is 1.76. The van der Waals surface area contributed by atoms with Crippen molar-refractivity contribution in [2.75, 3.05) is 11.5 Å². The maximum Gasteiger partial charge on any atom is 0.152 e. The fourth-order valence-corrected chi connectivity index (χ4v) is 3.72. The normalized spacial score (nSPS) is 23.2. The van der Waals surface area contributed by atoms with Crippen LogP contribution in [0.2, 0.25) is 0 Å². The summed E-state index contributed by atoms with van der Waals surface area (Å²) in [6, 6.07) is 4.85. The summed E-state index contributed by atoms with van der Waals surface area (Å²) in [7, 11) is -2.90. The molecule has 2 rings (SSSR count). The zero-order valence-corrected chi connectivity index (χ0v) is 11.4. The van der Waals surface area contributed by atoms with Gasteiger partial charge in [0.2, 0.25) is 0 Å². The number of rotatable bonds is 2. The van der Waals surface area contributed by atoms with Crippen LogP contribution in [0, 0.1) is 0 Å². The summed E-state index contributed by atoms with van der Waals surface area (Å²) < 4.78 is 23.3. The molecule has 0 radical (unpaired) electrons. The first-order valence-electron chi connectivity index (χ1n) is 5.18. The second-order valence-electron chi connectivity index (χ2n) is 4.04. The zero-order valence-electron chi connectivity index (χ0n) is 9.01. The Balaban J connectivity index is 2.13. The van der Waals surface area contributed by atoms with Crippen molar-refractivity contribution in [2.24, 2.45) is 4.99 Å². The van der Waals surface area contributed by atoms with Crippen molar-refractivity contribution < 1.29 is 13.5 Å². The molecule has 0 saturated carbocycles. The number of benzene rings is 1. The Kier molecular flexibility index (Phi) is 3.53. The van der Waals surface area contributed by atoms with Crippen LogP contribution >= 0.6 is 15.9 Å². The van der Waals surface area contributed by atoms with Crippen molar-refractivity contribution in [3.05, 3.63) is 28.2 Å². The number of nitrogens with zero attached hydrogens (tertiary/aromatic N) is 1. The maximum atomic E-state index is 11.2. The van der Waals surface area contributed by atoms with E-state index in [4.69, 9.17) is 0 Å². The summed E-state index contributed by atoms with van der Waals surface area (Å²) in [6.07, 6.45) is 2.10. The Bertz CT molecular complexity index is 554. The third-order valence-corrected chi connectivity index (χ3v) is 4.87. The molecule has 0 bridgehead atoms. The van der Waals surface area contributed by atoms with E-state index in [2.05, 4.69) is 20.9 Å². The highest BCUT2D eigenvalue weighted by atomic mass is 79.9. The molecule has 1 heterocycles. The highest BCUT2D eigenvalue weighted by Gasteiger charge is 2.26. The molecule has 1 fully saturated rings. The molecule has 92 valence electrons. The Hall–Kier alpha value is -0.880. The van der Waals surface area contributed by atoms with Gasteiger partial charge in [-0.05, 0) is 24.6 Å². The van der Waals surface area contributed by atoms with Gasteiger partial charge in [0.25, 0.3) is 0 Å². The summed E-state index contributed by atoms with van der Waals surface area (Å²) in [5, 5.41) is 9.58. The molecule has 0 amide bonds. The van der Waals surface area contributed by atoms with E-state index in [1.807, 2.05) is 0 Å². The Morgan fingerprint density at radius 2 is 2.24 bits per heavy atom. The first-order chi connectivity index (χ1) is 7.96. The predicted molar refractivity (Wildman–Crippen MR) is 70.5 cm³/mol. The van der Waals surface area contributed by atoms with Gasteiger partial charge in [0.05, 0.1) is 17.5 Å². The van der Waals surface area contributed by atoms with Crippen LogP contribution in [0.25, 0.3) is 0 Å². The number of aliphatic imine (C=N–C) groups is 1. The average Bonchev–Trinajstić information content (AvgIpc) is 2.60. The summed E-state index contributed by atoms with van der Waals surface area (Å²) in [4.78, 5) is 4.21. The van der Waals surface area contributed by atoms with Crippen LogP contribution in [0.15, 0.2) is 27.7 Å². The van der Waals surface area contributed by atoms with E-state index < -0.39 is 9.84 Å². The molecule has 6 heteroatoms. The van der Waals surface area contributed by atoms with Gasteiger partial charge >= 0.3 is 0 Å². The quantitative estimate of drug-likeness (QED) is 0.845. The third kappa shape index (κ3) is 3.29. The largest absolute Gasteiger partial charge is 0.507 e. The maximum absolute atomic E-state index is 11.2. The standard InChI is InChI=1S/C11H12BrNO3S/c12-9-1-2-11(14)8(5-9)6-13-10-3-4-17(15,16)7-10/h1-2,5-6,10,14H,3-4,7H2/t10-/m0/s1. The van der Waals surface area contributed by atoms with Crippen LogP contribution < -0.4 is 0 Å². The van der Waals surface area contributed by atoms with Crippen LogP contribution in [0.5, 0.6) is 5.75 Å². The minimum atomic E-state index is -2.90. The lowest BCUT2D eigenvalue weighted by Crippen LogP contribution is -2.07. The van der Waals surface area contributed by atoms with E-state index in [-0.39, 0.29) is 23.3 Å². The second kappa shape index (κ2) is 4.78. The fraction of sp³-hybridized carbons (Fsp3) is 0.364. The Morgan fingerprint density at radius 1 is 1.47 bits per heavy atom.